The fourth-order valence-corrected chi connectivity index (χ4v) is 3.71. The van der Waals surface area contributed by atoms with Crippen molar-refractivity contribution in [2.45, 2.75) is 12.7 Å². The molecule has 0 amide bonds. The Labute approximate surface area is 162 Å². The number of aliphatic hydroxyl groups excluding tert-OH is 1. The van der Waals surface area contributed by atoms with Crippen molar-refractivity contribution < 1.29 is 24.2 Å². The van der Waals surface area contributed by atoms with Crippen molar-refractivity contribution in [1.29, 1.82) is 0 Å². The Balaban J connectivity index is 1.97. The number of ether oxygens (including phenoxy) is 1. The quantitative estimate of drug-likeness (QED) is 0.302. The second-order valence-electron chi connectivity index (χ2n) is 5.75. The molecule has 0 saturated heterocycles. The maximum absolute atomic E-state index is 11.2. The van der Waals surface area contributed by atoms with Crippen molar-refractivity contribution >= 4 is 40.5 Å². The second-order valence-corrected chi connectivity index (χ2v) is 8.10. The van der Waals surface area contributed by atoms with Gasteiger partial charge in [-0.1, -0.05) is 24.3 Å². The van der Waals surface area contributed by atoms with E-state index in [2.05, 4.69) is 30.9 Å². The lowest BCUT2D eigenvalue weighted by atomic mass is 10.1. The van der Waals surface area contributed by atoms with E-state index in [1.54, 1.807) is 22.8 Å². The first-order valence-electron chi connectivity index (χ1n) is 7.82. The highest BCUT2D eigenvalue weighted by Gasteiger charge is 2.17. The van der Waals surface area contributed by atoms with E-state index in [0.29, 0.717) is 28.0 Å². The van der Waals surface area contributed by atoms with E-state index >= 15 is 0 Å². The molecular formula is C15H17BrN5O5P. The minimum atomic E-state index is -4.15. The van der Waals surface area contributed by atoms with Gasteiger partial charge in [0, 0.05) is 0 Å². The number of benzene rings is 1. The van der Waals surface area contributed by atoms with Crippen molar-refractivity contribution in [2.24, 2.45) is 0 Å². The summed E-state index contributed by atoms with van der Waals surface area (Å²) in [6, 6.07) is 6.95. The molecule has 0 unspecified atom stereocenters. The van der Waals surface area contributed by atoms with E-state index in [-0.39, 0.29) is 31.2 Å². The highest BCUT2D eigenvalue weighted by Crippen LogP contribution is 2.39. The van der Waals surface area contributed by atoms with Gasteiger partial charge < -0.3 is 25.4 Å². The number of fused-ring (bicyclic) bond motifs is 1. The summed E-state index contributed by atoms with van der Waals surface area (Å²) in [5.74, 6) is 0.141. The molecule has 0 saturated carbocycles. The standard InChI is InChI=1S/C15H17BrN5O5P/c16-14-18-11-12(17)19-15(26-5-4-22)20-13(11)21(14)7-9-2-1-3-10(6-9)8-27(23,24)25/h1-3,6,22H,4-5,7-8H2,(H2,17,19,20)(H2,23,24,25). The SMILES string of the molecule is Nc1nc(OCCO)nc2c1nc(Br)n2Cc1cccc(CP(=O)(O)O)c1. The Morgan fingerprint density at radius 2 is 1.96 bits per heavy atom. The van der Waals surface area contributed by atoms with Crippen molar-refractivity contribution in [1.82, 2.24) is 19.5 Å². The first-order chi connectivity index (χ1) is 12.8. The summed E-state index contributed by atoms with van der Waals surface area (Å²) in [6.07, 6.45) is -0.332. The van der Waals surface area contributed by atoms with Crippen LogP contribution < -0.4 is 10.5 Å². The third-order valence-corrected chi connectivity index (χ3v) is 4.98. The van der Waals surface area contributed by atoms with Gasteiger partial charge in [-0.05, 0) is 27.1 Å². The number of rotatable bonds is 7. The molecule has 0 aliphatic rings. The number of aliphatic hydroxyl groups is 1. The van der Waals surface area contributed by atoms with E-state index in [1.165, 1.54) is 0 Å². The van der Waals surface area contributed by atoms with Gasteiger partial charge in [0.05, 0.1) is 19.3 Å². The van der Waals surface area contributed by atoms with Crippen LogP contribution in [0.25, 0.3) is 11.2 Å². The number of anilines is 1. The molecule has 10 nitrogen and oxygen atoms in total. The number of nitrogens with zero attached hydrogens (tertiary/aromatic N) is 4. The number of nitrogens with two attached hydrogens (primary N) is 1. The van der Waals surface area contributed by atoms with E-state index in [9.17, 15) is 4.57 Å². The molecule has 0 spiro atoms. The van der Waals surface area contributed by atoms with Crippen LogP contribution in [0.15, 0.2) is 29.0 Å². The second kappa shape index (κ2) is 7.91. The summed E-state index contributed by atoms with van der Waals surface area (Å²) in [4.78, 5) is 30.9. The lowest BCUT2D eigenvalue weighted by Gasteiger charge is -2.09. The van der Waals surface area contributed by atoms with E-state index in [1.807, 2.05) is 6.07 Å². The topological polar surface area (TPSA) is 157 Å². The number of imidazole rings is 1. The molecule has 12 heteroatoms. The Morgan fingerprint density at radius 1 is 1.22 bits per heavy atom. The summed E-state index contributed by atoms with van der Waals surface area (Å²) in [5.41, 5.74) is 8.08. The summed E-state index contributed by atoms with van der Waals surface area (Å²) in [7, 11) is -4.15. The van der Waals surface area contributed by atoms with Crippen molar-refractivity contribution in [2.75, 3.05) is 18.9 Å². The van der Waals surface area contributed by atoms with Crippen LogP contribution >= 0.6 is 23.5 Å². The molecule has 5 N–H and O–H groups in total. The van der Waals surface area contributed by atoms with Gasteiger partial charge in [0.2, 0.25) is 0 Å². The summed E-state index contributed by atoms with van der Waals surface area (Å²) >= 11 is 3.37. The van der Waals surface area contributed by atoms with Gasteiger partial charge in [0.15, 0.2) is 21.7 Å². The van der Waals surface area contributed by atoms with Gasteiger partial charge in [-0.15, -0.1) is 0 Å². The Kier molecular flexibility index (Phi) is 5.78. The molecule has 2 aromatic heterocycles. The zero-order valence-corrected chi connectivity index (χ0v) is 16.5. The number of hydrogen-bond acceptors (Lipinski definition) is 7. The van der Waals surface area contributed by atoms with Crippen LogP contribution in [0.1, 0.15) is 11.1 Å². The number of halogens is 1. The molecule has 0 aliphatic carbocycles. The molecule has 2 heterocycles. The van der Waals surface area contributed by atoms with E-state index < -0.39 is 7.60 Å². The van der Waals surface area contributed by atoms with Gasteiger partial charge >= 0.3 is 13.6 Å². The molecule has 1 aromatic carbocycles. The van der Waals surface area contributed by atoms with Gasteiger partial charge in [-0.3, -0.25) is 9.13 Å². The van der Waals surface area contributed by atoms with Crippen LogP contribution in [-0.4, -0.2) is 47.6 Å². The smallest absolute Gasteiger partial charge is 0.329 e. The van der Waals surface area contributed by atoms with Crippen LogP contribution in [0.4, 0.5) is 5.82 Å². The van der Waals surface area contributed by atoms with Gasteiger partial charge in [-0.2, -0.15) is 9.97 Å². The molecule has 0 bridgehead atoms. The number of hydrogen-bond donors (Lipinski definition) is 4. The number of aromatic nitrogens is 4. The van der Waals surface area contributed by atoms with Crippen molar-refractivity contribution in [3.63, 3.8) is 0 Å². The highest BCUT2D eigenvalue weighted by molar-refractivity contribution is 9.10. The monoisotopic (exact) mass is 457 g/mol. The van der Waals surface area contributed by atoms with Crippen LogP contribution in [-0.2, 0) is 17.3 Å². The molecule has 0 radical (unpaired) electrons. The van der Waals surface area contributed by atoms with Gasteiger partial charge in [0.1, 0.15) is 6.61 Å². The summed E-state index contributed by atoms with van der Waals surface area (Å²) in [6.45, 7) is 0.184. The lowest BCUT2D eigenvalue weighted by Crippen LogP contribution is -2.08. The third-order valence-electron chi connectivity index (χ3n) is 3.60. The predicted molar refractivity (Wildman–Crippen MR) is 101 cm³/mol. The Morgan fingerprint density at radius 3 is 2.67 bits per heavy atom. The van der Waals surface area contributed by atoms with Crippen LogP contribution in [0.5, 0.6) is 6.01 Å². The van der Waals surface area contributed by atoms with E-state index in [4.69, 9.17) is 25.4 Å². The molecule has 144 valence electrons. The Bertz CT molecular complexity index is 1020. The summed E-state index contributed by atoms with van der Waals surface area (Å²) in [5, 5.41) is 8.88. The average molecular weight is 458 g/mol. The molecule has 0 atom stereocenters. The first-order valence-corrected chi connectivity index (χ1v) is 10.4. The predicted octanol–water partition coefficient (Wildman–Crippen LogP) is 1.27. The van der Waals surface area contributed by atoms with E-state index in [0.717, 1.165) is 5.56 Å². The Hall–Kier alpha value is -2.04. The van der Waals surface area contributed by atoms with Crippen molar-refractivity contribution in [3.05, 3.63) is 40.1 Å². The van der Waals surface area contributed by atoms with Crippen LogP contribution in [0.3, 0.4) is 0 Å². The molecule has 0 aliphatic heterocycles. The minimum absolute atomic E-state index is 0.0259. The average Bonchev–Trinajstić information content (AvgIpc) is 2.89. The largest absolute Gasteiger partial charge is 0.461 e. The first kappa shape index (κ1) is 19.7. The van der Waals surface area contributed by atoms with Gasteiger partial charge in [0.25, 0.3) is 0 Å². The maximum Gasteiger partial charge on any atom is 0.329 e. The van der Waals surface area contributed by atoms with Gasteiger partial charge in [-0.25, -0.2) is 4.98 Å². The third kappa shape index (κ3) is 4.82. The molecule has 27 heavy (non-hydrogen) atoms. The minimum Gasteiger partial charge on any atom is -0.461 e. The zero-order chi connectivity index (χ0) is 19.6. The maximum atomic E-state index is 11.2. The molecule has 0 fully saturated rings. The normalized spacial score (nSPS) is 11.9. The lowest BCUT2D eigenvalue weighted by molar-refractivity contribution is 0.192. The molecule has 3 aromatic rings. The number of nitrogen functional groups attached to an aromatic ring is 1. The zero-order valence-electron chi connectivity index (χ0n) is 14.0. The summed E-state index contributed by atoms with van der Waals surface area (Å²) < 4.78 is 18.7. The van der Waals surface area contributed by atoms with Crippen LogP contribution in [0.2, 0.25) is 0 Å². The molecular weight excluding hydrogens is 441 g/mol. The fraction of sp³-hybridized carbons (Fsp3) is 0.267. The molecule has 3 rings (SSSR count). The van der Waals surface area contributed by atoms with Crippen LogP contribution in [0, 0.1) is 0 Å². The highest BCUT2D eigenvalue weighted by atomic mass is 79.9. The van der Waals surface area contributed by atoms with Crippen molar-refractivity contribution in [3.8, 4) is 6.01 Å². The fourth-order valence-electron chi connectivity index (χ4n) is 2.56.